The van der Waals surface area contributed by atoms with Gasteiger partial charge in [-0.2, -0.15) is 0 Å². The van der Waals surface area contributed by atoms with Crippen molar-refractivity contribution >= 4 is 17.8 Å². The zero-order valence-corrected chi connectivity index (χ0v) is 21.0. The van der Waals surface area contributed by atoms with E-state index in [0.717, 1.165) is 48.5 Å². The third-order valence-corrected chi connectivity index (χ3v) is 7.57. The first-order valence-electron chi connectivity index (χ1n) is 13.1. The Labute approximate surface area is 213 Å². The molecule has 2 aliphatic rings. The second kappa shape index (κ2) is 12.2. The smallest absolute Gasteiger partial charge is 0.304 e. The lowest BCUT2D eigenvalue weighted by atomic mass is 9.91. The predicted octanol–water partition coefficient (Wildman–Crippen LogP) is 3.93. The van der Waals surface area contributed by atoms with E-state index in [2.05, 4.69) is 10.6 Å². The predicted molar refractivity (Wildman–Crippen MR) is 138 cm³/mol. The Bertz CT molecular complexity index is 1070. The van der Waals surface area contributed by atoms with Crippen LogP contribution in [-0.2, 0) is 22.6 Å². The fourth-order valence-corrected chi connectivity index (χ4v) is 5.51. The molecule has 2 aliphatic heterocycles. The summed E-state index contributed by atoms with van der Waals surface area (Å²) in [6.07, 6.45) is 4.57. The zero-order valence-electron chi connectivity index (χ0n) is 21.0. The molecule has 0 saturated carbocycles. The Morgan fingerprint density at radius 2 is 1.86 bits per heavy atom. The first-order chi connectivity index (χ1) is 17.4. The number of nitrogens with zero attached hydrogens (tertiary/aromatic N) is 1. The second-order valence-corrected chi connectivity index (χ2v) is 10.1. The van der Waals surface area contributed by atoms with Crippen LogP contribution in [0.3, 0.4) is 0 Å². The maximum absolute atomic E-state index is 13.5. The Morgan fingerprint density at radius 3 is 2.58 bits per heavy atom. The normalized spacial score (nSPS) is 20.5. The summed E-state index contributed by atoms with van der Waals surface area (Å²) in [5.74, 6) is -1.21. The number of nitrogens with one attached hydrogen (secondary N) is 2. The Kier molecular flexibility index (Phi) is 8.75. The number of piperidine rings is 1. The van der Waals surface area contributed by atoms with Gasteiger partial charge in [-0.3, -0.25) is 14.4 Å². The lowest BCUT2D eigenvalue weighted by molar-refractivity contribution is -0.145. The number of amides is 2. The summed E-state index contributed by atoms with van der Waals surface area (Å²) in [5, 5.41) is 15.9. The SMILES string of the molecule is CC1c2ccc(C(=O)NCCCC3CCNCC3)cc2CC(CC(=O)O)C(=O)N1Cc1ccccc1. The van der Waals surface area contributed by atoms with Crippen molar-refractivity contribution in [3.63, 3.8) is 0 Å². The van der Waals surface area contributed by atoms with Gasteiger partial charge in [-0.25, -0.2) is 0 Å². The number of carbonyl (C=O) groups is 3. The van der Waals surface area contributed by atoms with Gasteiger partial charge in [-0.05, 0) is 86.9 Å². The van der Waals surface area contributed by atoms with Crippen LogP contribution in [0.1, 0.15) is 72.1 Å². The van der Waals surface area contributed by atoms with Gasteiger partial charge in [0.1, 0.15) is 0 Å². The van der Waals surface area contributed by atoms with E-state index in [-0.39, 0.29) is 24.3 Å². The number of rotatable bonds is 9. The van der Waals surface area contributed by atoms with Crippen LogP contribution in [0.15, 0.2) is 48.5 Å². The largest absolute Gasteiger partial charge is 0.481 e. The molecule has 1 fully saturated rings. The summed E-state index contributed by atoms with van der Waals surface area (Å²) >= 11 is 0. The van der Waals surface area contributed by atoms with E-state index in [9.17, 15) is 19.5 Å². The van der Waals surface area contributed by atoms with Crippen molar-refractivity contribution < 1.29 is 19.5 Å². The fraction of sp³-hybridized carbons (Fsp3) is 0.483. The summed E-state index contributed by atoms with van der Waals surface area (Å²) < 4.78 is 0. The Morgan fingerprint density at radius 1 is 1.11 bits per heavy atom. The van der Waals surface area contributed by atoms with Crippen LogP contribution in [0.5, 0.6) is 0 Å². The average Bonchev–Trinajstić information content (AvgIpc) is 2.97. The number of carboxylic acids is 1. The number of aliphatic carboxylic acids is 1. The lowest BCUT2D eigenvalue weighted by Crippen LogP contribution is -2.37. The number of fused-ring (bicyclic) bond motifs is 1. The molecule has 2 atom stereocenters. The highest BCUT2D eigenvalue weighted by molar-refractivity contribution is 5.94. The van der Waals surface area contributed by atoms with E-state index in [1.807, 2.05) is 55.5 Å². The van der Waals surface area contributed by atoms with E-state index in [0.29, 0.717) is 25.1 Å². The third kappa shape index (κ3) is 6.52. The van der Waals surface area contributed by atoms with Gasteiger partial charge in [0.25, 0.3) is 5.91 Å². The van der Waals surface area contributed by atoms with Gasteiger partial charge in [-0.1, -0.05) is 36.4 Å². The lowest BCUT2D eigenvalue weighted by Gasteiger charge is -2.30. The number of carboxylic acid groups (broad SMARTS) is 1. The van der Waals surface area contributed by atoms with Crippen LogP contribution in [0.4, 0.5) is 0 Å². The molecule has 1 saturated heterocycles. The second-order valence-electron chi connectivity index (χ2n) is 10.1. The van der Waals surface area contributed by atoms with Crippen molar-refractivity contribution in [2.75, 3.05) is 19.6 Å². The molecule has 0 spiro atoms. The highest BCUT2D eigenvalue weighted by atomic mass is 16.4. The van der Waals surface area contributed by atoms with Crippen molar-refractivity contribution in [3.8, 4) is 0 Å². The summed E-state index contributed by atoms with van der Waals surface area (Å²) in [7, 11) is 0. The van der Waals surface area contributed by atoms with E-state index >= 15 is 0 Å². The molecule has 0 aliphatic carbocycles. The zero-order chi connectivity index (χ0) is 25.5. The maximum Gasteiger partial charge on any atom is 0.304 e. The molecule has 0 radical (unpaired) electrons. The molecule has 2 aromatic rings. The van der Waals surface area contributed by atoms with Crippen molar-refractivity contribution in [2.24, 2.45) is 11.8 Å². The van der Waals surface area contributed by atoms with Crippen LogP contribution in [0, 0.1) is 11.8 Å². The van der Waals surface area contributed by atoms with E-state index in [1.54, 1.807) is 4.90 Å². The minimum atomic E-state index is -0.994. The van der Waals surface area contributed by atoms with Gasteiger partial charge in [0, 0.05) is 18.7 Å². The number of carbonyl (C=O) groups excluding carboxylic acids is 2. The number of hydrogen-bond acceptors (Lipinski definition) is 4. The summed E-state index contributed by atoms with van der Waals surface area (Å²) in [4.78, 5) is 39.7. The molecule has 2 heterocycles. The van der Waals surface area contributed by atoms with Crippen LogP contribution in [0.2, 0.25) is 0 Å². The average molecular weight is 492 g/mol. The van der Waals surface area contributed by atoms with Gasteiger partial charge in [0.05, 0.1) is 18.4 Å². The molecule has 7 nitrogen and oxygen atoms in total. The molecule has 3 N–H and O–H groups in total. The molecule has 2 aromatic carbocycles. The van der Waals surface area contributed by atoms with Crippen molar-refractivity contribution in [3.05, 3.63) is 70.8 Å². The fourth-order valence-electron chi connectivity index (χ4n) is 5.51. The Balaban J connectivity index is 1.48. The molecule has 2 unspecified atom stereocenters. The van der Waals surface area contributed by atoms with Crippen molar-refractivity contribution in [1.29, 1.82) is 0 Å². The third-order valence-electron chi connectivity index (χ3n) is 7.57. The topological polar surface area (TPSA) is 98.7 Å². The van der Waals surface area contributed by atoms with Crippen LogP contribution < -0.4 is 10.6 Å². The first kappa shape index (κ1) is 25.9. The van der Waals surface area contributed by atoms with E-state index in [4.69, 9.17) is 0 Å². The molecule has 4 rings (SSSR count). The molecule has 7 heteroatoms. The van der Waals surface area contributed by atoms with Crippen LogP contribution in [0.25, 0.3) is 0 Å². The van der Waals surface area contributed by atoms with Crippen molar-refractivity contribution in [2.45, 2.75) is 58.0 Å². The van der Waals surface area contributed by atoms with Crippen molar-refractivity contribution in [1.82, 2.24) is 15.5 Å². The molecule has 192 valence electrons. The summed E-state index contributed by atoms with van der Waals surface area (Å²) in [5.41, 5.74) is 3.39. The molecule has 2 amide bonds. The molecular formula is C29H37N3O4. The Hall–Kier alpha value is -3.19. The standard InChI is InChI=1S/C29H37N3O4/c1-20-26-10-9-23(28(35)31-13-5-8-21-11-14-30-15-12-21)16-24(26)17-25(18-27(33)34)29(36)32(20)19-22-6-3-2-4-7-22/h2-4,6-7,9-10,16,20-21,25,30H,5,8,11-15,17-19H2,1H3,(H,31,35)(H,33,34). The highest BCUT2D eigenvalue weighted by Gasteiger charge is 2.35. The first-order valence-corrected chi connectivity index (χ1v) is 13.1. The molecule has 0 bridgehead atoms. The number of benzene rings is 2. The quantitative estimate of drug-likeness (QED) is 0.462. The van der Waals surface area contributed by atoms with Gasteiger partial charge >= 0.3 is 5.97 Å². The number of hydrogen-bond donors (Lipinski definition) is 3. The molecule has 36 heavy (non-hydrogen) atoms. The van der Waals surface area contributed by atoms with Gasteiger partial charge < -0.3 is 20.6 Å². The van der Waals surface area contributed by atoms with Gasteiger partial charge in [-0.15, -0.1) is 0 Å². The van der Waals surface area contributed by atoms with Crippen LogP contribution >= 0.6 is 0 Å². The van der Waals surface area contributed by atoms with E-state index < -0.39 is 11.9 Å². The van der Waals surface area contributed by atoms with Gasteiger partial charge in [0.15, 0.2) is 0 Å². The summed E-state index contributed by atoms with van der Waals surface area (Å²) in [6, 6.07) is 15.1. The van der Waals surface area contributed by atoms with Crippen LogP contribution in [-0.4, -0.2) is 47.4 Å². The highest BCUT2D eigenvalue weighted by Crippen LogP contribution is 2.34. The maximum atomic E-state index is 13.5. The van der Waals surface area contributed by atoms with Gasteiger partial charge in [0.2, 0.25) is 5.91 Å². The minimum absolute atomic E-state index is 0.123. The molecular weight excluding hydrogens is 454 g/mol. The monoisotopic (exact) mass is 491 g/mol. The minimum Gasteiger partial charge on any atom is -0.481 e. The summed E-state index contributed by atoms with van der Waals surface area (Å²) in [6.45, 7) is 5.19. The molecule has 0 aromatic heterocycles. The van der Waals surface area contributed by atoms with E-state index in [1.165, 1.54) is 12.8 Å².